The number of carbonyl (C=O) groups is 1. The first-order valence-corrected chi connectivity index (χ1v) is 9.59. The molecule has 0 heterocycles. The molecule has 0 aromatic rings. The van der Waals surface area contributed by atoms with Crippen LogP contribution in [0.3, 0.4) is 0 Å². The van der Waals surface area contributed by atoms with E-state index < -0.39 is 0 Å². The summed E-state index contributed by atoms with van der Waals surface area (Å²) in [5, 5.41) is 0. The van der Waals surface area contributed by atoms with Crippen LogP contribution in [0.15, 0.2) is 0 Å². The molecular weight excluding hydrogens is 256 g/mol. The van der Waals surface area contributed by atoms with Crippen LogP contribution in [-0.2, 0) is 4.79 Å². The largest absolute Gasteiger partial charge is 0.299 e. The highest BCUT2D eigenvalue weighted by molar-refractivity contribution is 5.87. The van der Waals surface area contributed by atoms with Crippen LogP contribution in [0.25, 0.3) is 0 Å². The molecular formula is C20H32O. The van der Waals surface area contributed by atoms with Crippen LogP contribution in [-0.4, -0.2) is 5.78 Å². The molecule has 4 aliphatic rings. The van der Waals surface area contributed by atoms with Crippen molar-refractivity contribution in [3.63, 3.8) is 0 Å². The molecule has 0 bridgehead atoms. The first-order chi connectivity index (χ1) is 10.1. The van der Waals surface area contributed by atoms with E-state index >= 15 is 0 Å². The summed E-state index contributed by atoms with van der Waals surface area (Å²) in [5.41, 5.74) is 0.668. The van der Waals surface area contributed by atoms with E-state index in [1.807, 2.05) is 0 Å². The third-order valence-electron chi connectivity index (χ3n) is 8.54. The molecule has 0 spiro atoms. The van der Waals surface area contributed by atoms with Crippen molar-refractivity contribution in [2.24, 2.45) is 34.5 Å². The maximum absolute atomic E-state index is 12.4. The fourth-order valence-corrected chi connectivity index (χ4v) is 7.24. The number of Topliss-reactive ketones (excluding diaryl/α,β-unsaturated/α-hetero) is 1. The van der Waals surface area contributed by atoms with E-state index in [1.54, 1.807) is 0 Å². The number of hydrogen-bond donors (Lipinski definition) is 0. The Morgan fingerprint density at radius 1 is 0.857 bits per heavy atom. The minimum atomic E-state index is 0.0646. The second-order valence-electron chi connectivity index (χ2n) is 9.17. The van der Waals surface area contributed by atoms with Crippen LogP contribution in [0.2, 0.25) is 0 Å². The van der Waals surface area contributed by atoms with Crippen molar-refractivity contribution in [3.8, 4) is 0 Å². The summed E-state index contributed by atoms with van der Waals surface area (Å²) in [5.74, 6) is 4.11. The van der Waals surface area contributed by atoms with Gasteiger partial charge in [-0.3, -0.25) is 4.79 Å². The third kappa shape index (κ3) is 1.91. The lowest BCUT2D eigenvalue weighted by Gasteiger charge is -2.58. The van der Waals surface area contributed by atoms with Crippen molar-refractivity contribution < 1.29 is 4.79 Å². The summed E-state index contributed by atoms with van der Waals surface area (Å²) in [6, 6.07) is 0. The van der Waals surface area contributed by atoms with Crippen LogP contribution < -0.4 is 0 Å². The fourth-order valence-electron chi connectivity index (χ4n) is 7.24. The van der Waals surface area contributed by atoms with Crippen molar-refractivity contribution in [2.45, 2.75) is 84.5 Å². The highest BCUT2D eigenvalue weighted by Gasteiger charge is 2.59. The second-order valence-corrected chi connectivity index (χ2v) is 9.17. The van der Waals surface area contributed by atoms with Crippen LogP contribution in [0.5, 0.6) is 0 Å². The zero-order valence-corrected chi connectivity index (χ0v) is 14.0. The van der Waals surface area contributed by atoms with Crippen LogP contribution in [0.4, 0.5) is 0 Å². The summed E-state index contributed by atoms with van der Waals surface area (Å²) >= 11 is 0. The van der Waals surface area contributed by atoms with Crippen molar-refractivity contribution in [2.75, 3.05) is 0 Å². The van der Waals surface area contributed by atoms with Gasteiger partial charge >= 0.3 is 0 Å². The number of hydrogen-bond acceptors (Lipinski definition) is 1. The number of carbonyl (C=O) groups excluding carboxylic acids is 1. The topological polar surface area (TPSA) is 17.1 Å². The third-order valence-corrected chi connectivity index (χ3v) is 8.54. The van der Waals surface area contributed by atoms with E-state index in [2.05, 4.69) is 13.8 Å². The average molecular weight is 288 g/mol. The van der Waals surface area contributed by atoms with E-state index in [1.165, 1.54) is 64.2 Å². The van der Waals surface area contributed by atoms with Gasteiger partial charge in [-0.1, -0.05) is 33.1 Å². The van der Waals surface area contributed by atoms with E-state index in [0.717, 1.165) is 30.1 Å². The van der Waals surface area contributed by atoms with Crippen LogP contribution >= 0.6 is 0 Å². The average Bonchev–Trinajstić information content (AvgIpc) is 2.65. The Labute approximate surface area is 130 Å². The van der Waals surface area contributed by atoms with Gasteiger partial charge in [0, 0.05) is 11.8 Å². The molecule has 4 saturated carbocycles. The lowest BCUT2D eigenvalue weighted by atomic mass is 9.47. The molecule has 1 heteroatoms. The second kappa shape index (κ2) is 4.83. The molecule has 0 amide bonds. The Morgan fingerprint density at radius 2 is 1.71 bits per heavy atom. The standard InChI is InChI=1S/C20H32O/c1-19-12-5-3-4-6-14(19)7-8-15-16-9-10-18(21)20(16,2)13-11-17(15)19/h14-17H,3-13H2,1-2H3/t14-,15+,16+,17+,19+,20+/m1/s1. The molecule has 4 fully saturated rings. The summed E-state index contributed by atoms with van der Waals surface area (Å²) in [6.07, 6.45) is 14.9. The van der Waals surface area contributed by atoms with E-state index in [0.29, 0.717) is 11.2 Å². The number of fused-ring (bicyclic) bond motifs is 5. The lowest BCUT2D eigenvalue weighted by Crippen LogP contribution is -2.51. The van der Waals surface area contributed by atoms with Crippen molar-refractivity contribution in [1.82, 2.24) is 0 Å². The van der Waals surface area contributed by atoms with Crippen molar-refractivity contribution in [1.29, 1.82) is 0 Å². The maximum Gasteiger partial charge on any atom is 0.139 e. The summed E-state index contributed by atoms with van der Waals surface area (Å²) in [4.78, 5) is 12.4. The summed E-state index contributed by atoms with van der Waals surface area (Å²) < 4.78 is 0. The first kappa shape index (κ1) is 14.3. The van der Waals surface area contributed by atoms with E-state index in [-0.39, 0.29) is 5.41 Å². The Bertz CT molecular complexity index is 441. The van der Waals surface area contributed by atoms with Crippen LogP contribution in [0.1, 0.15) is 84.5 Å². The predicted octanol–water partition coefficient (Wildman–Crippen LogP) is 5.38. The van der Waals surface area contributed by atoms with Gasteiger partial charge in [0.2, 0.25) is 0 Å². The van der Waals surface area contributed by atoms with Gasteiger partial charge in [0.1, 0.15) is 5.78 Å². The molecule has 0 saturated heterocycles. The minimum absolute atomic E-state index is 0.0646. The highest BCUT2D eigenvalue weighted by atomic mass is 16.1. The van der Waals surface area contributed by atoms with Gasteiger partial charge in [0.15, 0.2) is 0 Å². The van der Waals surface area contributed by atoms with Gasteiger partial charge < -0.3 is 0 Å². The predicted molar refractivity (Wildman–Crippen MR) is 86.0 cm³/mol. The van der Waals surface area contributed by atoms with E-state index in [4.69, 9.17) is 0 Å². The van der Waals surface area contributed by atoms with Gasteiger partial charge in [-0.2, -0.15) is 0 Å². The monoisotopic (exact) mass is 288 g/mol. The highest BCUT2D eigenvalue weighted by Crippen LogP contribution is 2.64. The first-order valence-electron chi connectivity index (χ1n) is 9.59. The molecule has 0 radical (unpaired) electrons. The molecule has 0 aliphatic heterocycles. The van der Waals surface area contributed by atoms with Gasteiger partial charge in [-0.15, -0.1) is 0 Å². The van der Waals surface area contributed by atoms with Gasteiger partial charge in [-0.25, -0.2) is 0 Å². The molecule has 4 aliphatic carbocycles. The number of ketones is 1. The number of rotatable bonds is 0. The minimum Gasteiger partial charge on any atom is -0.299 e. The quantitative estimate of drug-likeness (QED) is 0.585. The Balaban J connectivity index is 1.65. The zero-order chi connectivity index (χ0) is 14.7. The Kier molecular flexibility index (Phi) is 3.28. The summed E-state index contributed by atoms with van der Waals surface area (Å²) in [7, 11) is 0. The molecule has 1 nitrogen and oxygen atoms in total. The SMILES string of the molecule is C[C@]12CCCCC[C@@H]1CC[C@@H]1[C@@H]2CC[C@]2(C)C(=O)CC[C@@H]12. The molecule has 118 valence electrons. The molecule has 4 rings (SSSR count). The van der Waals surface area contributed by atoms with Crippen molar-refractivity contribution in [3.05, 3.63) is 0 Å². The van der Waals surface area contributed by atoms with Gasteiger partial charge in [0.05, 0.1) is 0 Å². The normalized spacial score (nSPS) is 53.5. The molecule has 0 unspecified atom stereocenters. The molecule has 6 atom stereocenters. The van der Waals surface area contributed by atoms with Gasteiger partial charge in [0.25, 0.3) is 0 Å². The fraction of sp³-hybridized carbons (Fsp3) is 0.950. The Hall–Kier alpha value is -0.330. The lowest BCUT2D eigenvalue weighted by molar-refractivity contribution is -0.136. The molecule has 0 aromatic carbocycles. The van der Waals surface area contributed by atoms with Crippen LogP contribution in [0, 0.1) is 34.5 Å². The molecule has 0 aromatic heterocycles. The van der Waals surface area contributed by atoms with E-state index in [9.17, 15) is 4.79 Å². The van der Waals surface area contributed by atoms with Gasteiger partial charge in [-0.05, 0) is 74.0 Å². The molecule has 21 heavy (non-hydrogen) atoms. The maximum atomic E-state index is 12.4. The summed E-state index contributed by atoms with van der Waals surface area (Å²) in [6.45, 7) is 4.95. The van der Waals surface area contributed by atoms with Crippen molar-refractivity contribution >= 4 is 5.78 Å². The smallest absolute Gasteiger partial charge is 0.139 e. The zero-order valence-electron chi connectivity index (χ0n) is 14.0. The Morgan fingerprint density at radius 3 is 2.57 bits per heavy atom. The molecule has 0 N–H and O–H groups in total.